The number of benzene rings is 1. The van der Waals surface area contributed by atoms with Crippen molar-refractivity contribution in [3.8, 4) is 0 Å². The number of carbonyl (C=O) groups is 1. The minimum atomic E-state index is -0.870. The van der Waals surface area contributed by atoms with E-state index in [1.165, 1.54) is 23.9 Å². The number of nitrogens with zero attached hydrogens (tertiary/aromatic N) is 5. The van der Waals surface area contributed by atoms with Crippen molar-refractivity contribution in [1.82, 2.24) is 19.6 Å². The highest BCUT2D eigenvalue weighted by Crippen LogP contribution is 2.17. The Bertz CT molecular complexity index is 862. The summed E-state index contributed by atoms with van der Waals surface area (Å²) in [6.45, 7) is 3.66. The molecule has 2 heterocycles. The van der Waals surface area contributed by atoms with Crippen molar-refractivity contribution in [2.75, 3.05) is 26.2 Å². The average Bonchev–Trinajstić information content (AvgIpc) is 3.00. The van der Waals surface area contributed by atoms with E-state index in [2.05, 4.69) is 5.10 Å². The second kappa shape index (κ2) is 7.78. The first kappa shape index (κ1) is 18.9. The minimum Gasteiger partial charge on any atom is -0.339 e. The maximum atomic E-state index is 13.8. The van der Waals surface area contributed by atoms with Gasteiger partial charge in [0.25, 0.3) is 0 Å². The van der Waals surface area contributed by atoms with Crippen LogP contribution >= 0.6 is 0 Å². The molecule has 1 amide bonds. The number of hydrogen-bond acceptors (Lipinski definition) is 5. The molecule has 0 saturated carbocycles. The molecule has 1 aliphatic rings. The van der Waals surface area contributed by atoms with E-state index >= 15 is 0 Å². The Morgan fingerprint density at radius 2 is 1.96 bits per heavy atom. The molecule has 8 nitrogen and oxygen atoms in total. The number of piperazine rings is 1. The van der Waals surface area contributed by atoms with Crippen molar-refractivity contribution < 1.29 is 18.5 Å². The first-order valence-electron chi connectivity index (χ1n) is 8.46. The molecular formula is C17H19F2N5O3. The summed E-state index contributed by atoms with van der Waals surface area (Å²) in [5, 5.41) is 14.9. The fraction of sp³-hybridized carbons (Fsp3) is 0.412. The predicted octanol–water partition coefficient (Wildman–Crippen LogP) is 1.72. The van der Waals surface area contributed by atoms with Crippen LogP contribution in [0.4, 0.5) is 14.5 Å². The summed E-state index contributed by atoms with van der Waals surface area (Å²) in [5.41, 5.74) is 0.425. The number of halogens is 2. The van der Waals surface area contributed by atoms with Gasteiger partial charge in [-0.15, -0.1) is 0 Å². The molecule has 1 aliphatic heterocycles. The number of amides is 1. The predicted molar refractivity (Wildman–Crippen MR) is 91.8 cm³/mol. The number of rotatable bonds is 5. The van der Waals surface area contributed by atoms with Crippen LogP contribution in [0.2, 0.25) is 0 Å². The first-order valence-corrected chi connectivity index (χ1v) is 8.46. The van der Waals surface area contributed by atoms with Gasteiger partial charge in [-0.1, -0.05) is 12.1 Å². The lowest BCUT2D eigenvalue weighted by atomic mass is 10.1. The van der Waals surface area contributed by atoms with Crippen LogP contribution in [0.5, 0.6) is 0 Å². The van der Waals surface area contributed by atoms with E-state index in [-0.39, 0.29) is 35.9 Å². The van der Waals surface area contributed by atoms with Gasteiger partial charge in [0.05, 0.1) is 4.92 Å². The van der Waals surface area contributed by atoms with Crippen molar-refractivity contribution in [2.45, 2.75) is 20.0 Å². The molecule has 0 atom stereocenters. The van der Waals surface area contributed by atoms with Crippen molar-refractivity contribution >= 4 is 11.6 Å². The lowest BCUT2D eigenvalue weighted by Gasteiger charge is -2.34. The summed E-state index contributed by atoms with van der Waals surface area (Å²) in [6, 6.07) is 4.10. The maximum Gasteiger partial charge on any atom is 0.309 e. The molecule has 0 spiro atoms. The van der Waals surface area contributed by atoms with Crippen molar-refractivity contribution in [3.63, 3.8) is 0 Å². The van der Waals surface area contributed by atoms with Gasteiger partial charge < -0.3 is 4.90 Å². The zero-order chi connectivity index (χ0) is 19.6. The van der Waals surface area contributed by atoms with Gasteiger partial charge in [-0.25, -0.2) is 8.78 Å². The number of aromatic nitrogens is 2. The van der Waals surface area contributed by atoms with E-state index < -0.39 is 16.6 Å². The van der Waals surface area contributed by atoms with Crippen LogP contribution in [0.25, 0.3) is 0 Å². The largest absolute Gasteiger partial charge is 0.339 e. The summed E-state index contributed by atoms with van der Waals surface area (Å²) in [7, 11) is 0. The minimum absolute atomic E-state index is 0.0762. The third-order valence-electron chi connectivity index (χ3n) is 4.56. The third kappa shape index (κ3) is 4.27. The van der Waals surface area contributed by atoms with Gasteiger partial charge in [-0.2, -0.15) is 5.10 Å². The quantitative estimate of drug-likeness (QED) is 0.583. The number of hydrogen-bond donors (Lipinski definition) is 0. The van der Waals surface area contributed by atoms with Gasteiger partial charge >= 0.3 is 5.69 Å². The maximum absolute atomic E-state index is 13.8. The molecule has 2 aromatic rings. The van der Waals surface area contributed by atoms with Gasteiger partial charge in [-0.3, -0.25) is 24.5 Å². The Morgan fingerprint density at radius 1 is 1.26 bits per heavy atom. The van der Waals surface area contributed by atoms with E-state index in [1.807, 2.05) is 4.90 Å². The molecule has 0 N–H and O–H groups in total. The molecule has 0 aliphatic carbocycles. The molecule has 3 rings (SSSR count). The number of aryl methyl sites for hydroxylation is 1. The molecule has 144 valence electrons. The lowest BCUT2D eigenvalue weighted by Crippen LogP contribution is -2.49. The molecule has 1 aromatic carbocycles. The lowest BCUT2D eigenvalue weighted by molar-refractivity contribution is -0.385. The standard InChI is InChI=1S/C17H19F2N5O3/c1-12-15(24(26)27)10-23(20-12)11-16(25)22-7-5-21(6-8-22)9-13-3-2-4-14(18)17(13)19/h2-4,10H,5-9,11H2,1H3. The SMILES string of the molecule is Cc1nn(CC(=O)N2CCN(Cc3cccc(F)c3F)CC2)cc1[N+](=O)[O-]. The second-order valence-electron chi connectivity index (χ2n) is 6.42. The molecule has 1 saturated heterocycles. The summed E-state index contributed by atoms with van der Waals surface area (Å²) in [6.07, 6.45) is 1.25. The van der Waals surface area contributed by atoms with Crippen LogP contribution in [0.1, 0.15) is 11.3 Å². The van der Waals surface area contributed by atoms with Gasteiger partial charge in [-0.05, 0) is 13.0 Å². The molecule has 10 heteroatoms. The van der Waals surface area contributed by atoms with Crippen LogP contribution in [-0.2, 0) is 17.9 Å². The van der Waals surface area contributed by atoms with Crippen LogP contribution in [-0.4, -0.2) is 56.6 Å². The zero-order valence-electron chi connectivity index (χ0n) is 14.8. The highest BCUT2D eigenvalue weighted by molar-refractivity contribution is 5.76. The summed E-state index contributed by atoms with van der Waals surface area (Å²) in [4.78, 5) is 26.3. The Kier molecular flexibility index (Phi) is 5.45. The van der Waals surface area contributed by atoms with Gasteiger partial charge in [0, 0.05) is 38.3 Å². The second-order valence-corrected chi connectivity index (χ2v) is 6.42. The van der Waals surface area contributed by atoms with E-state index in [9.17, 15) is 23.7 Å². The molecule has 27 heavy (non-hydrogen) atoms. The van der Waals surface area contributed by atoms with Gasteiger partial charge in [0.15, 0.2) is 11.6 Å². The Morgan fingerprint density at radius 3 is 2.59 bits per heavy atom. The van der Waals surface area contributed by atoms with Gasteiger partial charge in [0.2, 0.25) is 5.91 Å². The molecular weight excluding hydrogens is 360 g/mol. The molecule has 1 fully saturated rings. The van der Waals surface area contributed by atoms with Crippen molar-refractivity contribution in [3.05, 3.63) is 57.4 Å². The van der Waals surface area contributed by atoms with Crippen molar-refractivity contribution in [1.29, 1.82) is 0 Å². The Hall–Kier alpha value is -2.88. The topological polar surface area (TPSA) is 84.5 Å². The average molecular weight is 379 g/mol. The zero-order valence-corrected chi connectivity index (χ0v) is 14.8. The Labute approximate surface area is 154 Å². The number of nitro groups is 1. The summed E-state index contributed by atoms with van der Waals surface area (Å²) < 4.78 is 28.3. The van der Waals surface area contributed by atoms with Gasteiger partial charge in [0.1, 0.15) is 18.4 Å². The van der Waals surface area contributed by atoms with E-state index in [0.29, 0.717) is 26.2 Å². The number of carbonyl (C=O) groups excluding carboxylic acids is 1. The first-order chi connectivity index (χ1) is 12.8. The van der Waals surface area contributed by atoms with E-state index in [0.717, 1.165) is 6.07 Å². The van der Waals surface area contributed by atoms with Crippen LogP contribution in [0.15, 0.2) is 24.4 Å². The van der Waals surface area contributed by atoms with Crippen molar-refractivity contribution in [2.24, 2.45) is 0 Å². The van der Waals surface area contributed by atoms with Crippen LogP contribution in [0.3, 0.4) is 0 Å². The molecule has 0 bridgehead atoms. The smallest absolute Gasteiger partial charge is 0.309 e. The normalized spacial score (nSPS) is 15.1. The van der Waals surface area contributed by atoms with Crippen LogP contribution in [0, 0.1) is 28.7 Å². The molecule has 0 radical (unpaired) electrons. The monoisotopic (exact) mass is 379 g/mol. The van der Waals surface area contributed by atoms with E-state index in [4.69, 9.17) is 0 Å². The molecule has 0 unspecified atom stereocenters. The van der Waals surface area contributed by atoms with E-state index in [1.54, 1.807) is 11.0 Å². The summed E-state index contributed by atoms with van der Waals surface area (Å²) in [5.74, 6) is -1.90. The Balaban J connectivity index is 1.54. The highest BCUT2D eigenvalue weighted by Gasteiger charge is 2.24. The third-order valence-corrected chi connectivity index (χ3v) is 4.56. The highest BCUT2D eigenvalue weighted by atomic mass is 19.2. The molecule has 1 aromatic heterocycles. The fourth-order valence-electron chi connectivity index (χ4n) is 3.07. The van der Waals surface area contributed by atoms with Crippen LogP contribution < -0.4 is 0 Å². The summed E-state index contributed by atoms with van der Waals surface area (Å²) >= 11 is 0. The fourth-order valence-corrected chi connectivity index (χ4v) is 3.07.